The molecule has 162 valence electrons. The number of hydrogen-bond acceptors (Lipinski definition) is 4. The van der Waals surface area contributed by atoms with Crippen LogP contribution >= 0.6 is 23.2 Å². The van der Waals surface area contributed by atoms with Gasteiger partial charge in [-0.3, -0.25) is 9.78 Å². The Balaban J connectivity index is 1.48. The Morgan fingerprint density at radius 3 is 2.09 bits per heavy atom. The predicted molar refractivity (Wildman–Crippen MR) is 135 cm³/mol. The molecule has 0 radical (unpaired) electrons. The molecule has 0 aliphatic rings. The van der Waals surface area contributed by atoms with Crippen LogP contribution in [0.2, 0.25) is 0 Å². The van der Waals surface area contributed by atoms with Gasteiger partial charge in [-0.1, -0.05) is 18.2 Å². The summed E-state index contributed by atoms with van der Waals surface area (Å²) in [5.41, 5.74) is 5.11. The van der Waals surface area contributed by atoms with Gasteiger partial charge in [-0.05, 0) is 60.7 Å². The van der Waals surface area contributed by atoms with Gasteiger partial charge in [0.1, 0.15) is 0 Å². The third kappa shape index (κ3) is 5.04. The Morgan fingerprint density at radius 2 is 1.44 bits per heavy atom. The molecule has 0 fully saturated rings. The van der Waals surface area contributed by atoms with Gasteiger partial charge >= 0.3 is 0 Å². The van der Waals surface area contributed by atoms with Crippen LogP contribution < -0.4 is 10.2 Å². The quantitative estimate of drug-likeness (QED) is 0.227. The highest BCUT2D eigenvalue weighted by molar-refractivity contribution is 6.18. The van der Waals surface area contributed by atoms with E-state index in [2.05, 4.69) is 15.2 Å². The normalized spacial score (nSPS) is 10.8. The van der Waals surface area contributed by atoms with Gasteiger partial charge in [-0.2, -0.15) is 0 Å². The zero-order valence-corrected chi connectivity index (χ0v) is 19.0. The van der Waals surface area contributed by atoms with Crippen molar-refractivity contribution < 1.29 is 4.79 Å². The fourth-order valence-corrected chi connectivity index (χ4v) is 4.04. The van der Waals surface area contributed by atoms with Crippen molar-refractivity contribution >= 4 is 57.0 Å². The van der Waals surface area contributed by atoms with Gasteiger partial charge < -0.3 is 10.2 Å². The topological polar surface area (TPSA) is 45.2 Å². The molecule has 4 rings (SSSR count). The first-order chi connectivity index (χ1) is 15.7. The molecule has 3 aromatic carbocycles. The van der Waals surface area contributed by atoms with Crippen LogP contribution in [0.1, 0.15) is 15.9 Å². The molecule has 32 heavy (non-hydrogen) atoms. The Kier molecular flexibility index (Phi) is 7.25. The van der Waals surface area contributed by atoms with Crippen molar-refractivity contribution in [1.82, 2.24) is 4.98 Å². The number of alkyl halides is 2. The number of ketones is 1. The van der Waals surface area contributed by atoms with E-state index in [1.807, 2.05) is 78.9 Å². The summed E-state index contributed by atoms with van der Waals surface area (Å²) in [7, 11) is 0. The minimum Gasteiger partial charge on any atom is -0.369 e. The Morgan fingerprint density at radius 1 is 0.812 bits per heavy atom. The average Bonchev–Trinajstić information content (AvgIpc) is 2.84. The van der Waals surface area contributed by atoms with E-state index in [1.165, 1.54) is 0 Å². The molecule has 1 N–H and O–H groups in total. The summed E-state index contributed by atoms with van der Waals surface area (Å²) in [6.45, 7) is 1.42. The molecule has 6 heteroatoms. The number of aromatic nitrogens is 1. The molecule has 0 bridgehead atoms. The summed E-state index contributed by atoms with van der Waals surface area (Å²) in [4.78, 5) is 19.4. The third-order valence-corrected chi connectivity index (χ3v) is 5.62. The number of carbonyl (C=O) groups is 1. The van der Waals surface area contributed by atoms with Crippen molar-refractivity contribution in [2.75, 3.05) is 35.1 Å². The number of nitrogens with zero attached hydrogens (tertiary/aromatic N) is 2. The molecule has 1 heterocycles. The van der Waals surface area contributed by atoms with E-state index in [4.69, 9.17) is 23.2 Å². The number of carbonyl (C=O) groups excluding carboxylic acids is 1. The summed E-state index contributed by atoms with van der Waals surface area (Å²) in [6.07, 6.45) is 1.79. The standard InChI is InChI=1S/C26H23Cl2N3O/c27-14-17-31(18-15-28)22-11-7-20(8-12-22)26(32)19-5-9-21(10-6-19)30-25-13-16-29-24-4-2-1-3-23(24)25/h1-13,16H,14-15,17-18H2,(H,29,30). The summed E-state index contributed by atoms with van der Waals surface area (Å²) < 4.78 is 0. The van der Waals surface area contributed by atoms with Crippen molar-refractivity contribution in [3.63, 3.8) is 0 Å². The first-order valence-corrected chi connectivity index (χ1v) is 11.5. The molecule has 0 unspecified atom stereocenters. The van der Waals surface area contributed by atoms with E-state index < -0.39 is 0 Å². The smallest absolute Gasteiger partial charge is 0.193 e. The zero-order valence-electron chi connectivity index (χ0n) is 17.5. The van der Waals surface area contributed by atoms with Gasteiger partial charge in [-0.25, -0.2) is 0 Å². The van der Waals surface area contributed by atoms with Gasteiger partial charge in [0.2, 0.25) is 0 Å². The maximum absolute atomic E-state index is 12.9. The lowest BCUT2D eigenvalue weighted by Crippen LogP contribution is -2.27. The number of halogens is 2. The summed E-state index contributed by atoms with van der Waals surface area (Å²) in [6, 6.07) is 25.0. The van der Waals surface area contributed by atoms with E-state index >= 15 is 0 Å². The number of pyridine rings is 1. The van der Waals surface area contributed by atoms with E-state index in [0.29, 0.717) is 36.0 Å². The average molecular weight is 464 g/mol. The van der Waals surface area contributed by atoms with Crippen LogP contribution in [0, 0.1) is 0 Å². The highest BCUT2D eigenvalue weighted by Crippen LogP contribution is 2.25. The Bertz CT molecular complexity index is 1180. The van der Waals surface area contributed by atoms with Crippen LogP contribution in [-0.2, 0) is 0 Å². The first kappa shape index (κ1) is 22.1. The van der Waals surface area contributed by atoms with E-state index in [0.717, 1.165) is 28.0 Å². The number of hydrogen-bond donors (Lipinski definition) is 1. The third-order valence-electron chi connectivity index (χ3n) is 5.28. The molecule has 0 aliphatic carbocycles. The van der Waals surface area contributed by atoms with E-state index in [-0.39, 0.29) is 5.78 Å². The molecule has 0 saturated heterocycles. The summed E-state index contributed by atoms with van der Waals surface area (Å²) >= 11 is 11.8. The molecule has 4 aromatic rings. The number of benzene rings is 3. The van der Waals surface area contributed by atoms with Crippen LogP contribution in [0.25, 0.3) is 10.9 Å². The minimum atomic E-state index is -0.0151. The second-order valence-electron chi connectivity index (χ2n) is 7.32. The Hall–Kier alpha value is -3.08. The van der Waals surface area contributed by atoms with Crippen molar-refractivity contribution in [2.24, 2.45) is 0 Å². The molecular weight excluding hydrogens is 441 g/mol. The van der Waals surface area contributed by atoms with Crippen molar-refractivity contribution in [3.05, 3.63) is 96.2 Å². The van der Waals surface area contributed by atoms with E-state index in [9.17, 15) is 4.79 Å². The number of anilines is 3. The largest absolute Gasteiger partial charge is 0.369 e. The van der Waals surface area contributed by atoms with Crippen LogP contribution in [0.15, 0.2) is 85.1 Å². The van der Waals surface area contributed by atoms with Crippen LogP contribution in [0.4, 0.5) is 17.1 Å². The van der Waals surface area contributed by atoms with Gasteiger partial charge in [-0.15, -0.1) is 23.2 Å². The number of para-hydroxylation sites is 1. The molecule has 0 aliphatic heterocycles. The van der Waals surface area contributed by atoms with Gasteiger partial charge in [0.05, 0.1) is 5.52 Å². The second-order valence-corrected chi connectivity index (χ2v) is 8.07. The fraction of sp³-hybridized carbons (Fsp3) is 0.154. The molecule has 0 atom stereocenters. The number of fused-ring (bicyclic) bond motifs is 1. The SMILES string of the molecule is O=C(c1ccc(Nc2ccnc3ccccc23)cc1)c1ccc(N(CCCl)CCCl)cc1. The number of nitrogens with one attached hydrogen (secondary N) is 1. The van der Waals surface area contributed by atoms with Gasteiger partial charge in [0.15, 0.2) is 5.78 Å². The molecular formula is C26H23Cl2N3O. The second kappa shape index (κ2) is 10.5. The zero-order chi connectivity index (χ0) is 22.3. The van der Waals surface area contributed by atoms with Gasteiger partial charge in [0, 0.05) is 64.6 Å². The van der Waals surface area contributed by atoms with E-state index in [1.54, 1.807) is 6.20 Å². The predicted octanol–water partition coefficient (Wildman–Crippen LogP) is 6.49. The van der Waals surface area contributed by atoms with Gasteiger partial charge in [0.25, 0.3) is 0 Å². The molecule has 0 spiro atoms. The first-order valence-electron chi connectivity index (χ1n) is 10.4. The highest BCUT2D eigenvalue weighted by Gasteiger charge is 2.11. The van der Waals surface area contributed by atoms with Crippen molar-refractivity contribution in [3.8, 4) is 0 Å². The lowest BCUT2D eigenvalue weighted by Gasteiger charge is -2.22. The molecule has 0 saturated carbocycles. The highest BCUT2D eigenvalue weighted by atomic mass is 35.5. The Labute approximate surface area is 197 Å². The fourth-order valence-electron chi connectivity index (χ4n) is 3.63. The summed E-state index contributed by atoms with van der Waals surface area (Å²) in [5, 5.41) is 4.47. The maximum atomic E-state index is 12.9. The molecule has 0 amide bonds. The molecule has 1 aromatic heterocycles. The molecule has 4 nitrogen and oxygen atoms in total. The van der Waals surface area contributed by atoms with Crippen LogP contribution in [0.5, 0.6) is 0 Å². The lowest BCUT2D eigenvalue weighted by atomic mass is 10.0. The van der Waals surface area contributed by atoms with Crippen LogP contribution in [0.3, 0.4) is 0 Å². The minimum absolute atomic E-state index is 0.0151. The summed E-state index contributed by atoms with van der Waals surface area (Å²) in [5.74, 6) is 1.03. The van der Waals surface area contributed by atoms with Crippen molar-refractivity contribution in [1.29, 1.82) is 0 Å². The number of rotatable bonds is 9. The van der Waals surface area contributed by atoms with Crippen molar-refractivity contribution in [2.45, 2.75) is 0 Å². The van der Waals surface area contributed by atoms with Crippen LogP contribution in [-0.4, -0.2) is 35.6 Å². The monoisotopic (exact) mass is 463 g/mol. The lowest BCUT2D eigenvalue weighted by molar-refractivity contribution is 0.103. The maximum Gasteiger partial charge on any atom is 0.193 e.